The maximum atomic E-state index is 13.6. The van der Waals surface area contributed by atoms with Crippen molar-refractivity contribution in [2.45, 2.75) is 50.7 Å². The predicted molar refractivity (Wildman–Crippen MR) is 123 cm³/mol. The molecule has 1 saturated carbocycles. The van der Waals surface area contributed by atoms with Crippen LogP contribution in [0.3, 0.4) is 0 Å². The summed E-state index contributed by atoms with van der Waals surface area (Å²) in [5.74, 6) is 0.977. The Hall–Kier alpha value is -3.06. The smallest absolute Gasteiger partial charge is 0.247 e. The molecule has 32 heavy (non-hydrogen) atoms. The van der Waals surface area contributed by atoms with Crippen LogP contribution in [0.4, 0.5) is 0 Å². The standard InChI is InChI=1S/C25H28N2O4S/c1-30-20-10-4-7-18(15-20)24(25(29)26-19-8-2-3-9-19)27(17-21-11-5-13-31-21)23(28)16-22-12-6-14-32-22/h4-7,10-15,19,24H,2-3,8-9,16-17H2,1H3,(H,26,29)/t24-/m0/s1. The van der Waals surface area contributed by atoms with E-state index in [0.717, 1.165) is 30.6 Å². The molecule has 0 saturated heterocycles. The highest BCUT2D eigenvalue weighted by molar-refractivity contribution is 7.10. The van der Waals surface area contributed by atoms with Gasteiger partial charge in [-0.1, -0.05) is 31.0 Å². The van der Waals surface area contributed by atoms with E-state index < -0.39 is 6.04 Å². The number of nitrogens with one attached hydrogen (secondary N) is 1. The second-order valence-electron chi connectivity index (χ2n) is 8.03. The molecule has 1 aliphatic rings. The zero-order valence-electron chi connectivity index (χ0n) is 18.2. The van der Waals surface area contributed by atoms with Crippen molar-refractivity contribution in [1.29, 1.82) is 0 Å². The number of hydrogen-bond donors (Lipinski definition) is 1. The van der Waals surface area contributed by atoms with E-state index in [2.05, 4.69) is 5.32 Å². The first-order valence-electron chi connectivity index (χ1n) is 10.9. The number of methoxy groups -OCH3 is 1. The number of thiophene rings is 1. The van der Waals surface area contributed by atoms with Crippen LogP contribution in [0.1, 0.15) is 47.9 Å². The summed E-state index contributed by atoms with van der Waals surface area (Å²) in [6.07, 6.45) is 5.98. The van der Waals surface area contributed by atoms with Crippen LogP contribution in [0, 0.1) is 0 Å². The van der Waals surface area contributed by atoms with E-state index in [4.69, 9.17) is 9.15 Å². The number of furan rings is 1. The lowest BCUT2D eigenvalue weighted by molar-refractivity contribution is -0.141. The Labute approximate surface area is 192 Å². The lowest BCUT2D eigenvalue weighted by Gasteiger charge is -2.32. The quantitative estimate of drug-likeness (QED) is 0.510. The van der Waals surface area contributed by atoms with Crippen molar-refractivity contribution in [3.05, 3.63) is 76.4 Å². The highest BCUT2D eigenvalue weighted by Gasteiger charge is 2.34. The summed E-state index contributed by atoms with van der Waals surface area (Å²) in [4.78, 5) is 29.7. The minimum atomic E-state index is -0.789. The number of carbonyl (C=O) groups excluding carboxylic acids is 2. The van der Waals surface area contributed by atoms with Gasteiger partial charge in [0.05, 0.1) is 26.3 Å². The Morgan fingerprint density at radius 2 is 2.03 bits per heavy atom. The van der Waals surface area contributed by atoms with E-state index in [1.807, 2.05) is 47.8 Å². The molecule has 2 amide bonds. The molecule has 2 aromatic heterocycles. The van der Waals surface area contributed by atoms with E-state index in [1.54, 1.807) is 24.3 Å². The molecular formula is C25H28N2O4S. The summed E-state index contributed by atoms with van der Waals surface area (Å²) in [5.41, 5.74) is 0.714. The molecule has 0 unspecified atom stereocenters. The molecule has 4 rings (SSSR count). The van der Waals surface area contributed by atoms with Crippen molar-refractivity contribution in [2.24, 2.45) is 0 Å². The van der Waals surface area contributed by atoms with Gasteiger partial charge in [0.2, 0.25) is 11.8 Å². The second kappa shape index (κ2) is 10.5. The molecular weight excluding hydrogens is 424 g/mol. The molecule has 3 aromatic rings. The molecule has 1 fully saturated rings. The van der Waals surface area contributed by atoms with Crippen LogP contribution in [0.15, 0.2) is 64.6 Å². The third-order valence-corrected chi connectivity index (χ3v) is 6.68. The minimum Gasteiger partial charge on any atom is -0.497 e. The van der Waals surface area contributed by atoms with Crippen LogP contribution in [0.2, 0.25) is 0 Å². The lowest BCUT2D eigenvalue weighted by Crippen LogP contribution is -2.46. The Bertz CT molecular complexity index is 1010. The van der Waals surface area contributed by atoms with Crippen LogP contribution >= 0.6 is 11.3 Å². The zero-order chi connectivity index (χ0) is 22.3. The Kier molecular flexibility index (Phi) is 7.27. The van der Waals surface area contributed by atoms with Gasteiger partial charge in [0, 0.05) is 10.9 Å². The van der Waals surface area contributed by atoms with Gasteiger partial charge in [0.15, 0.2) is 0 Å². The Balaban J connectivity index is 1.69. The zero-order valence-corrected chi connectivity index (χ0v) is 19.0. The summed E-state index contributed by atoms with van der Waals surface area (Å²) in [5, 5.41) is 5.14. The SMILES string of the molecule is COc1cccc([C@@H](C(=O)NC2CCCC2)N(Cc2ccco2)C(=O)Cc2cccs2)c1. The van der Waals surface area contributed by atoms with E-state index in [9.17, 15) is 9.59 Å². The molecule has 168 valence electrons. The van der Waals surface area contributed by atoms with Gasteiger partial charge in [0.25, 0.3) is 0 Å². The van der Waals surface area contributed by atoms with Crippen molar-refractivity contribution >= 4 is 23.2 Å². The molecule has 1 aromatic carbocycles. The number of nitrogens with zero attached hydrogens (tertiary/aromatic N) is 1. The van der Waals surface area contributed by atoms with Gasteiger partial charge >= 0.3 is 0 Å². The molecule has 0 spiro atoms. The third kappa shape index (κ3) is 5.40. The van der Waals surface area contributed by atoms with Crippen LogP contribution < -0.4 is 10.1 Å². The van der Waals surface area contributed by atoms with E-state index in [-0.39, 0.29) is 30.8 Å². The average molecular weight is 453 g/mol. The van der Waals surface area contributed by atoms with Crippen molar-refractivity contribution < 1.29 is 18.7 Å². The number of hydrogen-bond acceptors (Lipinski definition) is 5. The highest BCUT2D eigenvalue weighted by Crippen LogP contribution is 2.29. The van der Waals surface area contributed by atoms with Crippen LogP contribution in [0.5, 0.6) is 5.75 Å². The Morgan fingerprint density at radius 3 is 2.72 bits per heavy atom. The molecule has 0 aliphatic heterocycles. The number of benzene rings is 1. The molecule has 0 bridgehead atoms. The van der Waals surface area contributed by atoms with Gasteiger partial charge in [-0.3, -0.25) is 9.59 Å². The molecule has 2 heterocycles. The first-order valence-corrected chi connectivity index (χ1v) is 11.8. The lowest BCUT2D eigenvalue weighted by atomic mass is 10.0. The van der Waals surface area contributed by atoms with Gasteiger partial charge in [0.1, 0.15) is 17.6 Å². The largest absolute Gasteiger partial charge is 0.497 e. The predicted octanol–water partition coefficient (Wildman–Crippen LogP) is 4.72. The van der Waals surface area contributed by atoms with Crippen molar-refractivity contribution in [3.63, 3.8) is 0 Å². The first-order chi connectivity index (χ1) is 15.6. The summed E-state index contributed by atoms with van der Waals surface area (Å²) in [6, 6.07) is 14.2. The fourth-order valence-electron chi connectivity index (χ4n) is 4.19. The van der Waals surface area contributed by atoms with Crippen molar-refractivity contribution in [3.8, 4) is 5.75 Å². The van der Waals surface area contributed by atoms with Crippen LogP contribution in [-0.4, -0.2) is 29.9 Å². The van der Waals surface area contributed by atoms with E-state index in [1.165, 1.54) is 11.3 Å². The number of amides is 2. The summed E-state index contributed by atoms with van der Waals surface area (Å²) < 4.78 is 10.9. The number of carbonyl (C=O) groups is 2. The molecule has 1 aliphatic carbocycles. The monoisotopic (exact) mass is 452 g/mol. The Morgan fingerprint density at radius 1 is 1.19 bits per heavy atom. The maximum absolute atomic E-state index is 13.6. The van der Waals surface area contributed by atoms with Gasteiger partial charge in [-0.25, -0.2) is 0 Å². The van der Waals surface area contributed by atoms with E-state index >= 15 is 0 Å². The number of rotatable bonds is 9. The second-order valence-corrected chi connectivity index (χ2v) is 9.06. The summed E-state index contributed by atoms with van der Waals surface area (Å²) in [6.45, 7) is 0.206. The first kappa shape index (κ1) is 22.1. The van der Waals surface area contributed by atoms with Crippen molar-refractivity contribution in [2.75, 3.05) is 7.11 Å². The molecule has 7 heteroatoms. The summed E-state index contributed by atoms with van der Waals surface area (Å²) >= 11 is 1.53. The van der Waals surface area contributed by atoms with Crippen molar-refractivity contribution in [1.82, 2.24) is 10.2 Å². The van der Waals surface area contributed by atoms with E-state index in [0.29, 0.717) is 17.1 Å². The summed E-state index contributed by atoms with van der Waals surface area (Å²) in [7, 11) is 1.59. The third-order valence-electron chi connectivity index (χ3n) is 5.80. The number of ether oxygens (including phenoxy) is 1. The average Bonchev–Trinajstić information content (AvgIpc) is 3.58. The molecule has 0 radical (unpaired) electrons. The minimum absolute atomic E-state index is 0.127. The molecule has 1 atom stereocenters. The highest BCUT2D eigenvalue weighted by atomic mass is 32.1. The van der Waals surface area contributed by atoms with Gasteiger partial charge in [-0.2, -0.15) is 0 Å². The topological polar surface area (TPSA) is 71.8 Å². The normalized spacial score (nSPS) is 14.8. The van der Waals surface area contributed by atoms with Gasteiger partial charge < -0.3 is 19.4 Å². The molecule has 1 N–H and O–H groups in total. The maximum Gasteiger partial charge on any atom is 0.247 e. The fourth-order valence-corrected chi connectivity index (χ4v) is 4.89. The fraction of sp³-hybridized carbons (Fsp3) is 0.360. The van der Waals surface area contributed by atoms with Gasteiger partial charge in [-0.05, 0) is 54.1 Å². The molecule has 6 nitrogen and oxygen atoms in total. The van der Waals surface area contributed by atoms with Crippen LogP contribution in [0.25, 0.3) is 0 Å². The van der Waals surface area contributed by atoms with Gasteiger partial charge in [-0.15, -0.1) is 11.3 Å². The van der Waals surface area contributed by atoms with Crippen LogP contribution in [-0.2, 0) is 22.6 Å².